The van der Waals surface area contributed by atoms with E-state index in [9.17, 15) is 0 Å². The second kappa shape index (κ2) is 9.90. The van der Waals surface area contributed by atoms with Crippen molar-refractivity contribution in [3.8, 4) is 5.69 Å². The van der Waals surface area contributed by atoms with E-state index in [4.69, 9.17) is 18.6 Å². The van der Waals surface area contributed by atoms with Crippen LogP contribution < -0.4 is 0 Å². The van der Waals surface area contributed by atoms with Crippen LogP contribution in [0, 0.1) is 6.08 Å². The van der Waals surface area contributed by atoms with Crippen molar-refractivity contribution in [2.45, 2.75) is 6.42 Å². The van der Waals surface area contributed by atoms with E-state index in [2.05, 4.69) is 89.8 Å². The molecule has 0 N–H and O–H groups in total. The molecule has 1 aliphatic carbocycles. The molecule has 1 aliphatic rings. The fourth-order valence-corrected chi connectivity index (χ4v) is 2.86. The molecule has 4 aromatic rings. The molecule has 0 bridgehead atoms. The monoisotopic (exact) mass is 413 g/mol. The fraction of sp³-hybridized carbons (Fsp3) is 0.0455. The number of nitrogens with zero attached hydrogens (tertiary/aromatic N) is 1. The number of benzene rings is 2. The van der Waals surface area contributed by atoms with E-state index in [0.717, 1.165) is 6.42 Å². The van der Waals surface area contributed by atoms with Gasteiger partial charge < -0.3 is 4.57 Å². The number of hydrogen-bond donors (Lipinski definition) is 0. The third-order valence-corrected chi connectivity index (χ3v) is 4.04. The minimum atomic E-state index is -0.556. The Labute approximate surface area is 170 Å². The molecule has 1 heterocycles. The first-order chi connectivity index (χ1) is 12.8. The average Bonchev–Trinajstić information content (AvgIpc) is 3.42. The van der Waals surface area contributed by atoms with E-state index in [1.54, 1.807) is 0 Å². The molecule has 130 valence electrons. The Bertz CT molecular complexity index is 879. The predicted octanol–water partition coefficient (Wildman–Crippen LogP) is 7.18. The summed E-state index contributed by atoms with van der Waals surface area (Å²) in [6.07, 6.45) is 14.4. The number of allylic oxidation sites excluding steroid dienone is 4. The maximum Gasteiger partial charge on any atom is 0.0149 e. The van der Waals surface area contributed by atoms with E-state index in [1.807, 2.05) is 12.2 Å². The molecule has 1 aromatic heterocycles. The van der Waals surface area contributed by atoms with Gasteiger partial charge in [0.05, 0.1) is 0 Å². The van der Waals surface area contributed by atoms with Gasteiger partial charge in [-0.2, -0.15) is 6.08 Å². The Morgan fingerprint density at radius 1 is 0.923 bits per heavy atom. The molecule has 0 saturated heterocycles. The summed E-state index contributed by atoms with van der Waals surface area (Å²) in [7, 11) is 9.78. The normalized spacial score (nSPS) is 11.8. The van der Waals surface area contributed by atoms with Crippen molar-refractivity contribution in [1.82, 2.24) is 4.57 Å². The first-order valence-electron chi connectivity index (χ1n) is 8.22. The standard InChI is InChI=1S/C17H12N.C5H5.2ClH.Ti/c1-2-6-14-10-17(9-13(14)5-1)18-11-15-7-3-4-8-16(15)12-18;1-2-4-5-3-1;;;/h1-12H;1-3H,4H2;2*1H;/q2*-1;;;+2/p-2. The van der Waals surface area contributed by atoms with Gasteiger partial charge in [-0.05, 0) is 16.5 Å². The quantitative estimate of drug-likeness (QED) is 0.230. The van der Waals surface area contributed by atoms with E-state index in [0.29, 0.717) is 0 Å². The number of fused-ring (bicyclic) bond motifs is 2. The van der Waals surface area contributed by atoms with E-state index < -0.39 is 17.0 Å². The molecule has 0 aliphatic heterocycles. The Hall–Kier alpha value is -1.64. The van der Waals surface area contributed by atoms with E-state index in [1.165, 1.54) is 27.2 Å². The van der Waals surface area contributed by atoms with Crippen LogP contribution in [0.5, 0.6) is 0 Å². The number of rotatable bonds is 1. The molecular formula is C22H17Cl2NTi-2. The molecule has 0 radical (unpaired) electrons. The van der Waals surface area contributed by atoms with Crippen LogP contribution in [0.3, 0.4) is 0 Å². The molecule has 0 spiro atoms. The van der Waals surface area contributed by atoms with E-state index >= 15 is 0 Å². The van der Waals surface area contributed by atoms with Crippen molar-refractivity contribution in [3.63, 3.8) is 0 Å². The summed E-state index contributed by atoms with van der Waals surface area (Å²) < 4.78 is 2.20. The maximum absolute atomic E-state index is 4.89. The molecule has 3 aromatic carbocycles. The summed E-state index contributed by atoms with van der Waals surface area (Å²) >= 11 is -0.556. The Morgan fingerprint density at radius 3 is 2.04 bits per heavy atom. The summed E-state index contributed by atoms with van der Waals surface area (Å²) in [6, 6.07) is 21.4. The van der Waals surface area contributed by atoms with Gasteiger partial charge in [-0.3, -0.25) is 6.08 Å². The van der Waals surface area contributed by atoms with Gasteiger partial charge in [0, 0.05) is 12.4 Å². The number of halogens is 2. The number of aromatic nitrogens is 1. The van der Waals surface area contributed by atoms with E-state index in [-0.39, 0.29) is 0 Å². The van der Waals surface area contributed by atoms with Crippen molar-refractivity contribution >= 4 is 40.2 Å². The van der Waals surface area contributed by atoms with Gasteiger partial charge in [0.15, 0.2) is 0 Å². The van der Waals surface area contributed by atoms with Crippen LogP contribution in [-0.2, 0) is 17.0 Å². The third-order valence-electron chi connectivity index (χ3n) is 4.04. The molecule has 0 unspecified atom stereocenters. The molecule has 4 heteroatoms. The second-order valence-electron chi connectivity index (χ2n) is 5.71. The second-order valence-corrected chi connectivity index (χ2v) is 8.29. The van der Waals surface area contributed by atoms with Crippen LogP contribution in [0.25, 0.3) is 27.2 Å². The van der Waals surface area contributed by atoms with Gasteiger partial charge >= 0.3 is 35.6 Å². The molecule has 5 rings (SSSR count). The predicted molar refractivity (Wildman–Crippen MR) is 110 cm³/mol. The van der Waals surface area contributed by atoms with Crippen molar-refractivity contribution in [2.24, 2.45) is 0 Å². The largest absolute Gasteiger partial charge is 0.341 e. The SMILES string of the molecule is [C-]1=CC=CC1.[Cl][Ti][Cl].c1ccc2cn(-c3cc4ccccc4[cH-]3)cc2c1. The molecule has 1 nitrogen and oxygen atoms in total. The Kier molecular flexibility index (Phi) is 7.28. The molecule has 26 heavy (non-hydrogen) atoms. The zero-order chi connectivity index (χ0) is 18.2. The summed E-state index contributed by atoms with van der Waals surface area (Å²) in [6.45, 7) is 0. The zero-order valence-corrected chi connectivity index (χ0v) is 17.1. The van der Waals surface area contributed by atoms with Gasteiger partial charge in [0.1, 0.15) is 0 Å². The molecule has 0 atom stereocenters. The summed E-state index contributed by atoms with van der Waals surface area (Å²) in [5, 5.41) is 5.15. The topological polar surface area (TPSA) is 4.93 Å². The van der Waals surface area contributed by atoms with Crippen molar-refractivity contribution < 1.29 is 17.0 Å². The Balaban J connectivity index is 0.000000207. The average molecular weight is 414 g/mol. The van der Waals surface area contributed by atoms with Gasteiger partial charge in [0.25, 0.3) is 0 Å². The van der Waals surface area contributed by atoms with Gasteiger partial charge in [-0.25, -0.2) is 12.2 Å². The Morgan fingerprint density at radius 2 is 1.54 bits per heavy atom. The first-order valence-corrected chi connectivity index (χ1v) is 12.5. The molecular weight excluding hydrogens is 397 g/mol. The van der Waals surface area contributed by atoms with Crippen LogP contribution >= 0.6 is 18.6 Å². The minimum Gasteiger partial charge on any atom is -0.341 e. The van der Waals surface area contributed by atoms with Crippen molar-refractivity contribution in [1.29, 1.82) is 0 Å². The molecule has 0 amide bonds. The smallest absolute Gasteiger partial charge is 0.0149 e. The minimum absolute atomic E-state index is 0.556. The van der Waals surface area contributed by atoms with Gasteiger partial charge in [0.2, 0.25) is 0 Å². The number of hydrogen-bond acceptors (Lipinski definition) is 0. The first kappa shape index (κ1) is 19.1. The molecule has 0 saturated carbocycles. The van der Waals surface area contributed by atoms with Crippen LogP contribution in [0.4, 0.5) is 0 Å². The van der Waals surface area contributed by atoms with Crippen LogP contribution in [0.2, 0.25) is 0 Å². The van der Waals surface area contributed by atoms with Crippen LogP contribution in [0.1, 0.15) is 6.42 Å². The third kappa shape index (κ3) is 4.96. The van der Waals surface area contributed by atoms with Crippen LogP contribution in [0.15, 0.2) is 91.3 Å². The van der Waals surface area contributed by atoms with Crippen molar-refractivity contribution in [2.75, 3.05) is 0 Å². The summed E-state index contributed by atoms with van der Waals surface area (Å²) in [5.41, 5.74) is 1.23. The van der Waals surface area contributed by atoms with Gasteiger partial charge in [-0.15, -0.1) is 47.5 Å². The van der Waals surface area contributed by atoms with Crippen molar-refractivity contribution in [3.05, 3.63) is 97.4 Å². The van der Waals surface area contributed by atoms with Gasteiger partial charge in [-0.1, -0.05) is 30.3 Å². The summed E-state index contributed by atoms with van der Waals surface area (Å²) in [5.74, 6) is 0. The molecule has 0 fully saturated rings. The zero-order valence-electron chi connectivity index (χ0n) is 14.1. The van der Waals surface area contributed by atoms with Crippen LogP contribution in [-0.4, -0.2) is 4.57 Å². The maximum atomic E-state index is 4.89. The fourth-order valence-electron chi connectivity index (χ4n) is 2.86. The summed E-state index contributed by atoms with van der Waals surface area (Å²) in [4.78, 5) is 0.